The summed E-state index contributed by atoms with van der Waals surface area (Å²) in [5.74, 6) is 0.319. The molecule has 0 aliphatic carbocycles. The molecule has 0 atom stereocenters. The molecule has 0 aliphatic heterocycles. The Kier molecular flexibility index (Phi) is 7.51. The maximum absolute atomic E-state index is 11.9. The zero-order chi connectivity index (χ0) is 17.5. The predicted molar refractivity (Wildman–Crippen MR) is 94.3 cm³/mol. The van der Waals surface area contributed by atoms with E-state index < -0.39 is 10.0 Å². The summed E-state index contributed by atoms with van der Waals surface area (Å²) in [4.78, 5) is 11.9. The Balaban J connectivity index is 2.44. The highest BCUT2D eigenvalue weighted by Crippen LogP contribution is 2.23. The van der Waals surface area contributed by atoms with Gasteiger partial charge in [-0.3, -0.25) is 0 Å². The number of sulfonamides is 1. The lowest BCUT2D eigenvalue weighted by atomic mass is 10.0. The fraction of sp³-hybridized carbons (Fsp3) is 0.562. The van der Waals surface area contributed by atoms with Crippen LogP contribution in [0.3, 0.4) is 0 Å². The van der Waals surface area contributed by atoms with Crippen molar-refractivity contribution in [1.29, 1.82) is 0 Å². The molecule has 1 rings (SSSR count). The van der Waals surface area contributed by atoms with E-state index in [2.05, 4.69) is 24.5 Å². The van der Waals surface area contributed by atoms with E-state index in [0.29, 0.717) is 32.0 Å². The van der Waals surface area contributed by atoms with E-state index in [1.807, 2.05) is 24.3 Å². The minimum absolute atomic E-state index is 0.277. The van der Waals surface area contributed by atoms with Gasteiger partial charge in [0, 0.05) is 25.3 Å². The first kappa shape index (κ1) is 19.4. The van der Waals surface area contributed by atoms with Gasteiger partial charge in [0.1, 0.15) is 0 Å². The molecule has 0 heterocycles. The van der Waals surface area contributed by atoms with Gasteiger partial charge in [-0.1, -0.05) is 39.0 Å². The molecule has 23 heavy (non-hydrogen) atoms. The van der Waals surface area contributed by atoms with Crippen molar-refractivity contribution in [2.45, 2.75) is 33.1 Å². The van der Waals surface area contributed by atoms with Gasteiger partial charge in [0.05, 0.1) is 6.26 Å². The fourth-order valence-electron chi connectivity index (χ4n) is 2.30. The maximum atomic E-state index is 11.9. The third kappa shape index (κ3) is 6.58. The minimum atomic E-state index is -3.17. The number of urea groups is 1. The predicted octanol–water partition coefficient (Wildman–Crippen LogP) is 2.60. The number of amides is 2. The topological polar surface area (TPSA) is 78.5 Å². The van der Waals surface area contributed by atoms with Crippen LogP contribution in [0.5, 0.6) is 0 Å². The monoisotopic (exact) mass is 341 g/mol. The Morgan fingerprint density at radius 1 is 1.26 bits per heavy atom. The number of nitrogens with zero attached hydrogens (tertiary/aromatic N) is 1. The van der Waals surface area contributed by atoms with Crippen LogP contribution in [-0.4, -0.2) is 44.6 Å². The van der Waals surface area contributed by atoms with Crippen LogP contribution in [0, 0.1) is 0 Å². The largest absolute Gasteiger partial charge is 0.338 e. The van der Waals surface area contributed by atoms with E-state index in [1.54, 1.807) is 6.92 Å². The van der Waals surface area contributed by atoms with Gasteiger partial charge in [-0.25, -0.2) is 17.5 Å². The van der Waals surface area contributed by atoms with Gasteiger partial charge < -0.3 is 10.6 Å². The maximum Gasteiger partial charge on any atom is 0.319 e. The van der Waals surface area contributed by atoms with Gasteiger partial charge in [0.25, 0.3) is 0 Å². The highest BCUT2D eigenvalue weighted by atomic mass is 32.2. The van der Waals surface area contributed by atoms with Gasteiger partial charge in [-0.2, -0.15) is 0 Å². The molecule has 0 saturated heterocycles. The van der Waals surface area contributed by atoms with Gasteiger partial charge in [0.15, 0.2) is 0 Å². The molecule has 2 amide bonds. The molecule has 7 heteroatoms. The van der Waals surface area contributed by atoms with E-state index in [9.17, 15) is 13.2 Å². The number of carbonyl (C=O) groups excluding carboxylic acids is 1. The number of hydrogen-bond acceptors (Lipinski definition) is 3. The lowest BCUT2D eigenvalue weighted by Crippen LogP contribution is -2.35. The number of hydrogen-bond donors (Lipinski definition) is 2. The van der Waals surface area contributed by atoms with Crippen molar-refractivity contribution < 1.29 is 13.2 Å². The van der Waals surface area contributed by atoms with Gasteiger partial charge >= 0.3 is 6.03 Å². The van der Waals surface area contributed by atoms with Crippen LogP contribution in [0.1, 0.15) is 38.7 Å². The molecule has 1 aromatic rings. The third-order valence-electron chi connectivity index (χ3n) is 3.52. The lowest BCUT2D eigenvalue weighted by molar-refractivity contribution is 0.251. The normalized spacial score (nSPS) is 11.7. The van der Waals surface area contributed by atoms with Crippen molar-refractivity contribution in [3.63, 3.8) is 0 Å². The van der Waals surface area contributed by atoms with Crippen LogP contribution >= 0.6 is 0 Å². The van der Waals surface area contributed by atoms with Crippen molar-refractivity contribution in [3.05, 3.63) is 29.8 Å². The van der Waals surface area contributed by atoms with Crippen LogP contribution in [0.15, 0.2) is 24.3 Å². The summed E-state index contributed by atoms with van der Waals surface area (Å²) in [5, 5.41) is 5.60. The van der Waals surface area contributed by atoms with Gasteiger partial charge in [-0.15, -0.1) is 0 Å². The Bertz CT molecular complexity index is 615. The molecule has 0 bridgehead atoms. The van der Waals surface area contributed by atoms with Crippen molar-refractivity contribution in [2.24, 2.45) is 0 Å². The number of para-hydroxylation sites is 1. The summed E-state index contributed by atoms with van der Waals surface area (Å²) in [7, 11) is -3.17. The molecule has 2 N–H and O–H groups in total. The summed E-state index contributed by atoms with van der Waals surface area (Å²) in [6.45, 7) is 7.20. The molecule has 0 aliphatic rings. The van der Waals surface area contributed by atoms with Crippen molar-refractivity contribution in [3.8, 4) is 0 Å². The summed E-state index contributed by atoms with van der Waals surface area (Å²) in [6, 6.07) is 7.42. The van der Waals surface area contributed by atoms with E-state index in [0.717, 1.165) is 11.3 Å². The van der Waals surface area contributed by atoms with Crippen LogP contribution in [0.4, 0.5) is 10.5 Å². The second kappa shape index (κ2) is 8.88. The van der Waals surface area contributed by atoms with Gasteiger partial charge in [-0.05, 0) is 24.0 Å². The molecule has 0 radical (unpaired) electrons. The van der Waals surface area contributed by atoms with Crippen molar-refractivity contribution in [1.82, 2.24) is 9.62 Å². The molecule has 0 aromatic heterocycles. The number of anilines is 1. The number of nitrogens with one attached hydrogen (secondary N) is 2. The summed E-state index contributed by atoms with van der Waals surface area (Å²) in [6.07, 6.45) is 1.76. The zero-order valence-electron chi connectivity index (χ0n) is 14.3. The van der Waals surface area contributed by atoms with Gasteiger partial charge in [0.2, 0.25) is 10.0 Å². The Morgan fingerprint density at radius 3 is 2.48 bits per heavy atom. The summed E-state index contributed by atoms with van der Waals surface area (Å²) in [5.41, 5.74) is 1.88. The summed E-state index contributed by atoms with van der Waals surface area (Å²) >= 11 is 0. The fourth-order valence-corrected chi connectivity index (χ4v) is 3.23. The highest BCUT2D eigenvalue weighted by Gasteiger charge is 2.13. The van der Waals surface area contributed by atoms with E-state index in [4.69, 9.17) is 0 Å². The highest BCUT2D eigenvalue weighted by molar-refractivity contribution is 7.88. The standard InChI is InChI=1S/C16H27N3O3S/c1-5-19(23(4,21)22)12-8-11-17-16(20)18-15-10-7-6-9-14(15)13(2)3/h6-7,9-10,13H,5,8,11-12H2,1-4H3,(H2,17,18,20). The Labute approximate surface area is 139 Å². The Morgan fingerprint density at radius 2 is 1.91 bits per heavy atom. The van der Waals surface area contributed by atoms with Crippen LogP contribution in [0.2, 0.25) is 0 Å². The molecule has 0 spiro atoms. The second-order valence-electron chi connectivity index (χ2n) is 5.73. The number of rotatable bonds is 8. The van der Waals surface area contributed by atoms with Crippen molar-refractivity contribution >= 4 is 21.7 Å². The molecule has 0 saturated carbocycles. The first-order chi connectivity index (χ1) is 10.8. The SMILES string of the molecule is CCN(CCCNC(=O)Nc1ccccc1C(C)C)S(C)(=O)=O. The molecule has 0 unspecified atom stereocenters. The molecule has 0 fully saturated rings. The second-order valence-corrected chi connectivity index (χ2v) is 7.71. The molecule has 130 valence electrons. The molecule has 6 nitrogen and oxygen atoms in total. The van der Waals surface area contributed by atoms with Crippen LogP contribution in [0.25, 0.3) is 0 Å². The van der Waals surface area contributed by atoms with Crippen molar-refractivity contribution in [2.75, 3.05) is 31.2 Å². The minimum Gasteiger partial charge on any atom is -0.338 e. The first-order valence-corrected chi connectivity index (χ1v) is 9.69. The number of benzene rings is 1. The smallest absolute Gasteiger partial charge is 0.319 e. The molecule has 1 aromatic carbocycles. The number of carbonyl (C=O) groups is 1. The average Bonchev–Trinajstić information content (AvgIpc) is 2.46. The summed E-state index contributed by atoms with van der Waals surface area (Å²) < 4.78 is 24.3. The third-order valence-corrected chi connectivity index (χ3v) is 4.90. The average molecular weight is 341 g/mol. The van der Waals surface area contributed by atoms with E-state index >= 15 is 0 Å². The van der Waals surface area contributed by atoms with E-state index in [1.165, 1.54) is 10.6 Å². The van der Waals surface area contributed by atoms with Crippen LogP contribution in [-0.2, 0) is 10.0 Å². The zero-order valence-corrected chi connectivity index (χ0v) is 15.1. The first-order valence-electron chi connectivity index (χ1n) is 7.84. The quantitative estimate of drug-likeness (QED) is 0.713. The molecular formula is C16H27N3O3S. The van der Waals surface area contributed by atoms with E-state index in [-0.39, 0.29) is 6.03 Å². The molecular weight excluding hydrogens is 314 g/mol. The Hall–Kier alpha value is -1.60. The lowest BCUT2D eigenvalue weighted by Gasteiger charge is -2.18. The van der Waals surface area contributed by atoms with Crippen LogP contribution < -0.4 is 10.6 Å².